The Morgan fingerprint density at radius 1 is 1.19 bits per heavy atom. The summed E-state index contributed by atoms with van der Waals surface area (Å²) in [6.07, 6.45) is 0.327. The summed E-state index contributed by atoms with van der Waals surface area (Å²) in [5, 5.41) is 6.00. The number of carbonyl (C=O) groups is 2. The average Bonchev–Trinajstić information content (AvgIpc) is 3.07. The molecule has 1 aliphatic heterocycles. The SMILES string of the molecule is Cc1nc(CN2CCN(C(=O)CCNC(=O)c3ccc(Br)cc3)CC2)cs1. The van der Waals surface area contributed by atoms with Gasteiger partial charge in [0.05, 0.1) is 10.7 Å². The Labute approximate surface area is 171 Å². The first-order valence-electron chi connectivity index (χ1n) is 8.96. The molecule has 1 N–H and O–H groups in total. The number of rotatable bonds is 6. The molecule has 144 valence electrons. The van der Waals surface area contributed by atoms with Crippen molar-refractivity contribution in [3.05, 3.63) is 50.4 Å². The second-order valence-corrected chi connectivity index (χ2v) is 8.51. The molecule has 0 atom stereocenters. The molecule has 0 saturated carbocycles. The molecule has 8 heteroatoms. The number of nitrogens with one attached hydrogen (secondary N) is 1. The van der Waals surface area contributed by atoms with E-state index >= 15 is 0 Å². The van der Waals surface area contributed by atoms with Gasteiger partial charge in [-0.25, -0.2) is 4.98 Å². The third kappa shape index (κ3) is 5.85. The van der Waals surface area contributed by atoms with Gasteiger partial charge in [0.25, 0.3) is 5.91 Å². The fourth-order valence-corrected chi connectivity index (χ4v) is 3.88. The van der Waals surface area contributed by atoms with Crippen LogP contribution in [0.15, 0.2) is 34.1 Å². The molecule has 3 rings (SSSR count). The van der Waals surface area contributed by atoms with Crippen LogP contribution >= 0.6 is 27.3 Å². The van der Waals surface area contributed by atoms with Gasteiger partial charge >= 0.3 is 0 Å². The maximum absolute atomic E-state index is 12.4. The van der Waals surface area contributed by atoms with E-state index in [1.165, 1.54) is 0 Å². The van der Waals surface area contributed by atoms with Crippen molar-refractivity contribution in [2.45, 2.75) is 19.9 Å². The fraction of sp³-hybridized carbons (Fsp3) is 0.421. The molecule has 1 aliphatic rings. The minimum absolute atomic E-state index is 0.0928. The average molecular weight is 451 g/mol. The first-order chi connectivity index (χ1) is 13.0. The Morgan fingerprint density at radius 2 is 1.89 bits per heavy atom. The number of aromatic nitrogens is 1. The van der Waals surface area contributed by atoms with E-state index in [4.69, 9.17) is 0 Å². The van der Waals surface area contributed by atoms with E-state index in [1.54, 1.807) is 23.5 Å². The zero-order valence-corrected chi connectivity index (χ0v) is 17.7. The Bertz CT molecular complexity index is 785. The van der Waals surface area contributed by atoms with Crippen LogP contribution in [-0.4, -0.2) is 59.3 Å². The van der Waals surface area contributed by atoms with E-state index in [0.717, 1.165) is 47.9 Å². The molecule has 2 aromatic rings. The molecule has 0 aliphatic carbocycles. The van der Waals surface area contributed by atoms with Gasteiger partial charge in [0.15, 0.2) is 0 Å². The molecule has 0 spiro atoms. The van der Waals surface area contributed by atoms with Crippen molar-refractivity contribution >= 4 is 39.1 Å². The molecule has 1 aromatic carbocycles. The van der Waals surface area contributed by atoms with Crippen LogP contribution in [0.25, 0.3) is 0 Å². The number of aryl methyl sites for hydroxylation is 1. The highest BCUT2D eigenvalue weighted by molar-refractivity contribution is 9.10. The summed E-state index contributed by atoms with van der Waals surface area (Å²) in [6, 6.07) is 7.16. The van der Waals surface area contributed by atoms with Crippen molar-refractivity contribution < 1.29 is 9.59 Å². The Hall–Kier alpha value is -1.77. The molecular formula is C19H23BrN4O2S. The van der Waals surface area contributed by atoms with Crippen molar-refractivity contribution in [2.24, 2.45) is 0 Å². The Balaban J connectivity index is 1.36. The second-order valence-electron chi connectivity index (χ2n) is 6.53. The van der Waals surface area contributed by atoms with Crippen LogP contribution in [0.5, 0.6) is 0 Å². The zero-order chi connectivity index (χ0) is 19.2. The van der Waals surface area contributed by atoms with E-state index in [1.807, 2.05) is 24.0 Å². The molecule has 1 aromatic heterocycles. The minimum Gasteiger partial charge on any atom is -0.352 e. The third-order valence-corrected chi connectivity index (χ3v) is 5.86. The molecule has 1 saturated heterocycles. The predicted octanol–water partition coefficient (Wildman–Crippen LogP) is 2.68. The maximum Gasteiger partial charge on any atom is 0.251 e. The van der Waals surface area contributed by atoms with Crippen molar-refractivity contribution in [3.8, 4) is 0 Å². The molecule has 2 amide bonds. The second kappa shape index (κ2) is 9.43. The molecule has 0 bridgehead atoms. The lowest BCUT2D eigenvalue weighted by Gasteiger charge is -2.34. The molecule has 6 nitrogen and oxygen atoms in total. The summed E-state index contributed by atoms with van der Waals surface area (Å²) in [4.78, 5) is 33.1. The first-order valence-corrected chi connectivity index (χ1v) is 10.6. The molecule has 2 heterocycles. The van der Waals surface area contributed by atoms with Crippen LogP contribution in [0.4, 0.5) is 0 Å². The lowest BCUT2D eigenvalue weighted by molar-refractivity contribution is -0.132. The van der Waals surface area contributed by atoms with Crippen LogP contribution < -0.4 is 5.32 Å². The summed E-state index contributed by atoms with van der Waals surface area (Å²) in [6.45, 7) is 6.37. The number of nitrogens with zero attached hydrogens (tertiary/aromatic N) is 3. The highest BCUT2D eigenvalue weighted by Gasteiger charge is 2.21. The number of piperazine rings is 1. The van der Waals surface area contributed by atoms with E-state index in [0.29, 0.717) is 18.5 Å². The van der Waals surface area contributed by atoms with Gasteiger partial charge in [0, 0.05) is 61.1 Å². The normalized spacial score (nSPS) is 15.0. The van der Waals surface area contributed by atoms with Crippen molar-refractivity contribution in [1.82, 2.24) is 20.1 Å². The number of halogens is 1. The predicted molar refractivity (Wildman–Crippen MR) is 110 cm³/mol. The Kier molecular flexibility index (Phi) is 6.98. The number of thiazole rings is 1. The van der Waals surface area contributed by atoms with Gasteiger partial charge in [0.1, 0.15) is 0 Å². The van der Waals surface area contributed by atoms with Gasteiger partial charge in [-0.2, -0.15) is 0 Å². The number of benzene rings is 1. The van der Waals surface area contributed by atoms with Crippen LogP contribution in [0.2, 0.25) is 0 Å². The van der Waals surface area contributed by atoms with Gasteiger partial charge in [-0.05, 0) is 31.2 Å². The van der Waals surface area contributed by atoms with Crippen molar-refractivity contribution in [2.75, 3.05) is 32.7 Å². The van der Waals surface area contributed by atoms with Gasteiger partial charge < -0.3 is 10.2 Å². The molecule has 1 fully saturated rings. The van der Waals surface area contributed by atoms with Crippen molar-refractivity contribution in [1.29, 1.82) is 0 Å². The smallest absolute Gasteiger partial charge is 0.251 e. The topological polar surface area (TPSA) is 65.5 Å². The van der Waals surface area contributed by atoms with Crippen LogP contribution in [-0.2, 0) is 11.3 Å². The zero-order valence-electron chi connectivity index (χ0n) is 15.3. The Morgan fingerprint density at radius 3 is 2.52 bits per heavy atom. The van der Waals surface area contributed by atoms with Crippen molar-refractivity contribution in [3.63, 3.8) is 0 Å². The fourth-order valence-electron chi connectivity index (χ4n) is 3.01. The molecular weight excluding hydrogens is 428 g/mol. The van der Waals surface area contributed by atoms with Crippen LogP contribution in [0.3, 0.4) is 0 Å². The highest BCUT2D eigenvalue weighted by Crippen LogP contribution is 2.13. The minimum atomic E-state index is -0.154. The maximum atomic E-state index is 12.4. The number of hydrogen-bond acceptors (Lipinski definition) is 5. The molecule has 0 radical (unpaired) electrons. The number of amides is 2. The monoisotopic (exact) mass is 450 g/mol. The van der Waals surface area contributed by atoms with E-state index in [9.17, 15) is 9.59 Å². The highest BCUT2D eigenvalue weighted by atomic mass is 79.9. The first kappa shape index (κ1) is 20.0. The largest absolute Gasteiger partial charge is 0.352 e. The lowest BCUT2D eigenvalue weighted by Crippen LogP contribution is -2.48. The van der Waals surface area contributed by atoms with Crippen LogP contribution in [0.1, 0.15) is 27.5 Å². The summed E-state index contributed by atoms with van der Waals surface area (Å²) >= 11 is 5.02. The van der Waals surface area contributed by atoms with Gasteiger partial charge in [0.2, 0.25) is 5.91 Å². The molecule has 0 unspecified atom stereocenters. The van der Waals surface area contributed by atoms with E-state index < -0.39 is 0 Å². The third-order valence-electron chi connectivity index (χ3n) is 4.51. The summed E-state index contributed by atoms with van der Waals surface area (Å²) in [5.74, 6) is -0.0612. The number of hydrogen-bond donors (Lipinski definition) is 1. The van der Waals surface area contributed by atoms with Gasteiger partial charge in [-0.15, -0.1) is 11.3 Å². The quantitative estimate of drug-likeness (QED) is 0.734. The van der Waals surface area contributed by atoms with E-state index in [-0.39, 0.29) is 11.8 Å². The lowest BCUT2D eigenvalue weighted by atomic mass is 10.2. The summed E-state index contributed by atoms with van der Waals surface area (Å²) < 4.78 is 0.929. The van der Waals surface area contributed by atoms with Gasteiger partial charge in [-0.1, -0.05) is 15.9 Å². The van der Waals surface area contributed by atoms with Gasteiger partial charge in [-0.3, -0.25) is 14.5 Å². The van der Waals surface area contributed by atoms with E-state index in [2.05, 4.69) is 36.5 Å². The standard InChI is InChI=1S/C19H23BrN4O2S/c1-14-22-17(13-27-14)12-23-8-10-24(11-9-23)18(25)6-7-21-19(26)15-2-4-16(20)5-3-15/h2-5,13H,6-12H2,1H3,(H,21,26). The molecule has 27 heavy (non-hydrogen) atoms. The number of carbonyl (C=O) groups excluding carboxylic acids is 2. The summed E-state index contributed by atoms with van der Waals surface area (Å²) in [7, 11) is 0. The van der Waals surface area contributed by atoms with Crippen LogP contribution in [0, 0.1) is 6.92 Å². The summed E-state index contributed by atoms with van der Waals surface area (Å²) in [5.41, 5.74) is 1.70.